The Kier molecular flexibility index (Phi) is 7.50. The van der Waals surface area contributed by atoms with Crippen molar-refractivity contribution < 1.29 is 23.4 Å². The number of aliphatic hydroxyl groups excluding tert-OH is 1. The SMILES string of the molecule is COCC(CO)N1CC(NC(=O)Nc2c3c(nn2-c2ccccc2)CCC3)C(c2ccc(F)c(F)c2)C1. The van der Waals surface area contributed by atoms with Crippen LogP contribution in [0.4, 0.5) is 19.4 Å². The highest BCUT2D eigenvalue weighted by Crippen LogP contribution is 2.32. The van der Waals surface area contributed by atoms with E-state index in [1.807, 2.05) is 35.2 Å². The van der Waals surface area contributed by atoms with Crippen molar-refractivity contribution in [3.63, 3.8) is 0 Å². The maximum absolute atomic E-state index is 14.1. The van der Waals surface area contributed by atoms with Gasteiger partial charge in [-0.05, 0) is 49.1 Å². The summed E-state index contributed by atoms with van der Waals surface area (Å²) in [7, 11) is 1.56. The smallest absolute Gasteiger partial charge is 0.320 e. The molecule has 3 N–H and O–H groups in total. The summed E-state index contributed by atoms with van der Waals surface area (Å²) in [6.07, 6.45) is 2.69. The zero-order chi connectivity index (χ0) is 25.9. The van der Waals surface area contributed by atoms with Gasteiger partial charge in [-0.1, -0.05) is 24.3 Å². The lowest BCUT2D eigenvalue weighted by Crippen LogP contribution is -2.44. The van der Waals surface area contributed by atoms with Crippen molar-refractivity contribution in [3.05, 3.63) is 77.0 Å². The summed E-state index contributed by atoms with van der Waals surface area (Å²) >= 11 is 0. The zero-order valence-electron chi connectivity index (χ0n) is 20.7. The highest BCUT2D eigenvalue weighted by atomic mass is 19.2. The normalized spacial score (nSPS) is 20.1. The first kappa shape index (κ1) is 25.3. The number of aliphatic hydroxyl groups is 1. The molecule has 2 heterocycles. The maximum atomic E-state index is 14.1. The van der Waals surface area contributed by atoms with Gasteiger partial charge < -0.3 is 15.2 Å². The molecule has 2 aliphatic rings. The fourth-order valence-corrected chi connectivity index (χ4v) is 5.41. The molecule has 3 atom stereocenters. The van der Waals surface area contributed by atoms with Crippen LogP contribution in [0.3, 0.4) is 0 Å². The van der Waals surface area contributed by atoms with Gasteiger partial charge in [-0.25, -0.2) is 18.3 Å². The van der Waals surface area contributed by atoms with E-state index >= 15 is 0 Å². The number of hydrogen-bond acceptors (Lipinski definition) is 5. The number of aromatic nitrogens is 2. The fourth-order valence-electron chi connectivity index (χ4n) is 5.41. The van der Waals surface area contributed by atoms with Crippen LogP contribution in [-0.4, -0.2) is 71.3 Å². The molecule has 10 heteroatoms. The number of nitrogens with zero attached hydrogens (tertiary/aromatic N) is 3. The summed E-state index contributed by atoms with van der Waals surface area (Å²) in [5, 5.41) is 20.7. The molecular weight excluding hydrogens is 480 g/mol. The van der Waals surface area contributed by atoms with Gasteiger partial charge in [0.2, 0.25) is 0 Å². The third kappa shape index (κ3) is 5.22. The standard InChI is InChI=1S/C27H31F2N5O3/c1-37-16-19(15-35)33-13-21(17-10-11-22(28)23(29)12-17)25(14-33)30-27(36)31-26-20-8-5-9-24(20)32-34(26)18-6-3-2-4-7-18/h2-4,6-7,10-12,19,21,25,35H,5,8-9,13-16H2,1H3,(H2,30,31,36). The lowest BCUT2D eigenvalue weighted by atomic mass is 9.94. The second kappa shape index (κ2) is 11.0. The summed E-state index contributed by atoms with van der Waals surface area (Å²) < 4.78 is 34.7. The molecular formula is C27H31F2N5O3. The molecule has 1 aliphatic carbocycles. The Morgan fingerprint density at radius 3 is 2.70 bits per heavy atom. The van der Waals surface area contributed by atoms with E-state index in [1.54, 1.807) is 17.9 Å². The number of hydrogen-bond donors (Lipinski definition) is 3. The number of aryl methyl sites for hydroxylation is 1. The Hall–Kier alpha value is -3.34. The minimum atomic E-state index is -0.933. The Balaban J connectivity index is 1.39. The third-order valence-electron chi connectivity index (χ3n) is 7.26. The second-order valence-corrected chi connectivity index (χ2v) is 9.61. The number of fused-ring (bicyclic) bond motifs is 1. The van der Waals surface area contributed by atoms with Gasteiger partial charge in [0.05, 0.1) is 36.7 Å². The summed E-state index contributed by atoms with van der Waals surface area (Å²) in [5.74, 6) is -1.52. The average molecular weight is 512 g/mol. The van der Waals surface area contributed by atoms with E-state index in [0.717, 1.165) is 42.3 Å². The molecule has 1 fully saturated rings. The van der Waals surface area contributed by atoms with E-state index in [0.29, 0.717) is 31.1 Å². The predicted molar refractivity (Wildman–Crippen MR) is 135 cm³/mol. The van der Waals surface area contributed by atoms with E-state index in [4.69, 9.17) is 9.84 Å². The van der Waals surface area contributed by atoms with Crippen LogP contribution >= 0.6 is 0 Å². The Morgan fingerprint density at radius 2 is 1.97 bits per heavy atom. The molecule has 37 heavy (non-hydrogen) atoms. The number of anilines is 1. The van der Waals surface area contributed by atoms with Gasteiger partial charge in [0, 0.05) is 31.7 Å². The predicted octanol–water partition coefficient (Wildman–Crippen LogP) is 3.24. The van der Waals surface area contributed by atoms with Crippen LogP contribution in [0.1, 0.15) is 29.2 Å². The second-order valence-electron chi connectivity index (χ2n) is 9.61. The molecule has 1 aromatic heterocycles. The van der Waals surface area contributed by atoms with E-state index in [1.165, 1.54) is 6.07 Å². The number of carbonyl (C=O) groups excluding carboxylic acids is 1. The first-order valence-corrected chi connectivity index (χ1v) is 12.5. The van der Waals surface area contributed by atoms with Crippen molar-refractivity contribution in [3.8, 4) is 5.69 Å². The van der Waals surface area contributed by atoms with Gasteiger partial charge >= 0.3 is 6.03 Å². The Labute approximate surface area is 214 Å². The fraction of sp³-hybridized carbons (Fsp3) is 0.407. The number of halogens is 2. The Morgan fingerprint density at radius 1 is 1.16 bits per heavy atom. The van der Waals surface area contributed by atoms with Crippen molar-refractivity contribution in [2.75, 3.05) is 38.7 Å². The summed E-state index contributed by atoms with van der Waals surface area (Å²) in [5.41, 5.74) is 3.45. The minimum Gasteiger partial charge on any atom is -0.395 e. The highest BCUT2D eigenvalue weighted by molar-refractivity contribution is 5.90. The van der Waals surface area contributed by atoms with Crippen LogP contribution in [0.2, 0.25) is 0 Å². The number of carbonyl (C=O) groups is 1. The number of amides is 2. The maximum Gasteiger partial charge on any atom is 0.320 e. The van der Waals surface area contributed by atoms with Crippen LogP contribution < -0.4 is 10.6 Å². The largest absolute Gasteiger partial charge is 0.395 e. The van der Waals surface area contributed by atoms with E-state index in [-0.39, 0.29) is 18.6 Å². The number of urea groups is 1. The summed E-state index contributed by atoms with van der Waals surface area (Å²) in [4.78, 5) is 15.3. The van der Waals surface area contributed by atoms with Crippen LogP contribution in [0.5, 0.6) is 0 Å². The van der Waals surface area contributed by atoms with Gasteiger partial charge in [0.15, 0.2) is 11.6 Å². The molecule has 3 aromatic rings. The molecule has 0 saturated carbocycles. The number of nitrogens with one attached hydrogen (secondary N) is 2. The van der Waals surface area contributed by atoms with Crippen LogP contribution in [-0.2, 0) is 17.6 Å². The van der Waals surface area contributed by atoms with Crippen LogP contribution in [0.25, 0.3) is 5.69 Å². The molecule has 3 unspecified atom stereocenters. The molecule has 0 spiro atoms. The van der Waals surface area contributed by atoms with E-state index in [9.17, 15) is 18.7 Å². The van der Waals surface area contributed by atoms with Crippen molar-refractivity contribution in [1.29, 1.82) is 0 Å². The molecule has 1 saturated heterocycles. The van der Waals surface area contributed by atoms with Crippen LogP contribution in [0.15, 0.2) is 48.5 Å². The molecule has 8 nitrogen and oxygen atoms in total. The number of ether oxygens (including phenoxy) is 1. The van der Waals surface area contributed by atoms with Gasteiger partial charge in [0.1, 0.15) is 5.82 Å². The monoisotopic (exact) mass is 511 g/mol. The van der Waals surface area contributed by atoms with Crippen LogP contribution in [0, 0.1) is 11.6 Å². The highest BCUT2D eigenvalue weighted by Gasteiger charge is 2.38. The first-order valence-electron chi connectivity index (χ1n) is 12.5. The topological polar surface area (TPSA) is 91.7 Å². The zero-order valence-corrected chi connectivity index (χ0v) is 20.7. The lowest BCUT2D eigenvalue weighted by Gasteiger charge is -2.25. The molecule has 196 valence electrons. The Bertz CT molecular complexity index is 1250. The van der Waals surface area contributed by atoms with Crippen molar-refractivity contribution in [2.45, 2.75) is 37.3 Å². The quantitative estimate of drug-likeness (QED) is 0.432. The van der Waals surface area contributed by atoms with Crippen molar-refractivity contribution in [2.24, 2.45) is 0 Å². The van der Waals surface area contributed by atoms with Crippen molar-refractivity contribution in [1.82, 2.24) is 20.0 Å². The number of para-hydroxylation sites is 1. The van der Waals surface area contributed by atoms with Gasteiger partial charge in [0.25, 0.3) is 0 Å². The summed E-state index contributed by atoms with van der Waals surface area (Å²) in [6, 6.07) is 12.4. The minimum absolute atomic E-state index is 0.125. The van der Waals surface area contributed by atoms with Gasteiger partial charge in [-0.2, -0.15) is 5.10 Å². The average Bonchev–Trinajstić information content (AvgIpc) is 3.61. The van der Waals surface area contributed by atoms with Crippen molar-refractivity contribution >= 4 is 11.8 Å². The van der Waals surface area contributed by atoms with E-state index in [2.05, 4.69) is 10.6 Å². The lowest BCUT2D eigenvalue weighted by molar-refractivity contribution is 0.0641. The van der Waals surface area contributed by atoms with E-state index < -0.39 is 23.7 Å². The third-order valence-corrected chi connectivity index (χ3v) is 7.26. The summed E-state index contributed by atoms with van der Waals surface area (Å²) in [6.45, 7) is 1.05. The molecule has 2 amide bonds. The molecule has 0 bridgehead atoms. The molecule has 1 aliphatic heterocycles. The van der Waals surface area contributed by atoms with Gasteiger partial charge in [-0.3, -0.25) is 10.2 Å². The number of rotatable bonds is 8. The number of likely N-dealkylation sites (tertiary alicyclic amines) is 1. The molecule has 0 radical (unpaired) electrons. The number of benzene rings is 2. The molecule has 2 aromatic carbocycles. The first-order chi connectivity index (χ1) is 18.0. The van der Waals surface area contributed by atoms with Gasteiger partial charge in [-0.15, -0.1) is 0 Å². The molecule has 5 rings (SSSR count). The number of methoxy groups -OCH3 is 1.